The first-order valence-electron chi connectivity index (χ1n) is 11.1. The van der Waals surface area contributed by atoms with E-state index in [0.717, 1.165) is 37.4 Å². The molecule has 2 aromatic heterocycles. The molecular weight excluding hydrogens is 476 g/mol. The predicted molar refractivity (Wildman–Crippen MR) is 144 cm³/mol. The zero-order chi connectivity index (χ0) is 25.4. The van der Waals surface area contributed by atoms with Crippen LogP contribution < -0.4 is 25.3 Å². The van der Waals surface area contributed by atoms with Crippen LogP contribution in [-0.2, 0) is 0 Å². The number of anilines is 2. The summed E-state index contributed by atoms with van der Waals surface area (Å²) < 4.78 is 17.2. The van der Waals surface area contributed by atoms with Crippen LogP contribution in [0.3, 0.4) is 0 Å². The Morgan fingerprint density at radius 2 is 1.61 bits per heavy atom. The number of hydrogen-bond acceptors (Lipinski definition) is 8. The number of thiazole rings is 1. The van der Waals surface area contributed by atoms with Crippen LogP contribution in [-0.4, -0.2) is 37.2 Å². The van der Waals surface area contributed by atoms with Crippen LogP contribution in [0.4, 0.5) is 11.4 Å². The average Bonchev–Trinajstić information content (AvgIpc) is 3.31. The lowest BCUT2D eigenvalue weighted by molar-refractivity contribution is 0.102. The maximum absolute atomic E-state index is 13.0. The Kier molecular flexibility index (Phi) is 6.07. The number of nitrogens with two attached hydrogens (primary N) is 1. The van der Waals surface area contributed by atoms with Gasteiger partial charge in [-0.15, -0.1) is 11.3 Å². The summed E-state index contributed by atoms with van der Waals surface area (Å²) in [6, 6.07) is 16.5. The minimum absolute atomic E-state index is 0.224. The number of aryl methyl sites for hydroxylation is 1. The number of carbonyl (C=O) groups is 1. The van der Waals surface area contributed by atoms with Crippen LogP contribution in [0.25, 0.3) is 31.7 Å². The second-order valence-corrected chi connectivity index (χ2v) is 9.19. The van der Waals surface area contributed by atoms with Gasteiger partial charge in [-0.1, -0.05) is 0 Å². The largest absolute Gasteiger partial charge is 0.493 e. The minimum atomic E-state index is -0.224. The van der Waals surface area contributed by atoms with E-state index in [4.69, 9.17) is 24.9 Å². The van der Waals surface area contributed by atoms with E-state index >= 15 is 0 Å². The van der Waals surface area contributed by atoms with Crippen molar-refractivity contribution in [3.05, 3.63) is 65.9 Å². The first-order valence-corrected chi connectivity index (χ1v) is 11.9. The molecule has 3 N–H and O–H groups in total. The second kappa shape index (κ2) is 9.35. The summed E-state index contributed by atoms with van der Waals surface area (Å²) in [7, 11) is 4.71. The molecule has 36 heavy (non-hydrogen) atoms. The highest BCUT2D eigenvalue weighted by atomic mass is 32.1. The van der Waals surface area contributed by atoms with E-state index < -0.39 is 0 Å². The molecule has 0 aliphatic carbocycles. The quantitative estimate of drug-likeness (QED) is 0.309. The van der Waals surface area contributed by atoms with Crippen molar-refractivity contribution in [3.8, 4) is 27.8 Å². The SMILES string of the molecule is COc1cc(-c2nc3ccc(C(=O)Nc4ccc5nc(C)cc(N)c5c4)cc3s2)cc(OC)c1OC. The highest BCUT2D eigenvalue weighted by Gasteiger charge is 2.17. The standard InChI is InChI=1S/C27H24N4O4S/c1-14-9-19(28)18-13-17(6-8-20(18)29-14)30-26(32)15-5-7-21-24(12-15)36-27(31-21)16-10-22(33-2)25(35-4)23(11-16)34-3/h5-13H,1-4H3,(H2,28,29)(H,30,32). The molecule has 8 nitrogen and oxygen atoms in total. The molecule has 0 unspecified atom stereocenters. The summed E-state index contributed by atoms with van der Waals surface area (Å²) in [5, 5.41) is 4.52. The van der Waals surface area contributed by atoms with E-state index in [2.05, 4.69) is 10.3 Å². The van der Waals surface area contributed by atoms with Crippen molar-refractivity contribution >= 4 is 49.7 Å². The lowest BCUT2D eigenvalue weighted by Gasteiger charge is -2.13. The van der Waals surface area contributed by atoms with Crippen molar-refractivity contribution in [3.63, 3.8) is 0 Å². The Balaban J connectivity index is 1.45. The fourth-order valence-corrected chi connectivity index (χ4v) is 5.06. The summed E-state index contributed by atoms with van der Waals surface area (Å²) >= 11 is 1.48. The van der Waals surface area contributed by atoms with E-state index in [9.17, 15) is 4.79 Å². The molecule has 0 bridgehead atoms. The van der Waals surface area contributed by atoms with Crippen LogP contribution in [0, 0.1) is 6.92 Å². The van der Waals surface area contributed by atoms with Gasteiger partial charge in [-0.05, 0) is 61.5 Å². The van der Waals surface area contributed by atoms with E-state index in [1.54, 1.807) is 27.4 Å². The number of nitrogens with one attached hydrogen (secondary N) is 1. The van der Waals surface area contributed by atoms with E-state index in [1.807, 2.05) is 55.5 Å². The van der Waals surface area contributed by atoms with Crippen molar-refractivity contribution in [2.75, 3.05) is 32.4 Å². The van der Waals surface area contributed by atoms with Gasteiger partial charge in [0.25, 0.3) is 5.91 Å². The molecule has 0 saturated carbocycles. The maximum Gasteiger partial charge on any atom is 0.255 e. The van der Waals surface area contributed by atoms with E-state index in [-0.39, 0.29) is 5.91 Å². The van der Waals surface area contributed by atoms with Crippen LogP contribution in [0.2, 0.25) is 0 Å². The molecule has 0 aliphatic rings. The van der Waals surface area contributed by atoms with E-state index in [1.165, 1.54) is 11.3 Å². The number of fused-ring (bicyclic) bond motifs is 2. The summed E-state index contributed by atoms with van der Waals surface area (Å²) in [6.07, 6.45) is 0. The average molecular weight is 501 g/mol. The number of aromatic nitrogens is 2. The summed E-state index contributed by atoms with van der Waals surface area (Å²) in [6.45, 7) is 1.90. The monoisotopic (exact) mass is 500 g/mol. The van der Waals surface area contributed by atoms with Crippen LogP contribution >= 0.6 is 11.3 Å². The normalized spacial score (nSPS) is 11.0. The van der Waals surface area contributed by atoms with Gasteiger partial charge in [0.15, 0.2) is 11.5 Å². The number of nitrogens with zero attached hydrogens (tertiary/aromatic N) is 2. The van der Waals surface area contributed by atoms with E-state index in [0.29, 0.717) is 34.2 Å². The minimum Gasteiger partial charge on any atom is -0.493 e. The van der Waals surface area contributed by atoms with Gasteiger partial charge in [-0.25, -0.2) is 4.98 Å². The summed E-state index contributed by atoms with van der Waals surface area (Å²) in [5.74, 6) is 1.39. The molecule has 0 fully saturated rings. The van der Waals surface area contributed by atoms with Gasteiger partial charge in [0, 0.05) is 33.6 Å². The van der Waals surface area contributed by atoms with Crippen molar-refractivity contribution in [1.82, 2.24) is 9.97 Å². The van der Waals surface area contributed by atoms with Crippen molar-refractivity contribution in [2.45, 2.75) is 6.92 Å². The molecule has 0 saturated heterocycles. The molecule has 5 rings (SSSR count). The fraction of sp³-hybridized carbons (Fsp3) is 0.148. The molecule has 182 valence electrons. The second-order valence-electron chi connectivity index (χ2n) is 8.15. The fourth-order valence-electron chi connectivity index (χ4n) is 4.06. The lowest BCUT2D eigenvalue weighted by Crippen LogP contribution is -2.11. The number of amides is 1. The molecular formula is C27H24N4O4S. The molecule has 2 heterocycles. The Morgan fingerprint density at radius 3 is 2.31 bits per heavy atom. The van der Waals surface area contributed by atoms with Crippen LogP contribution in [0.1, 0.15) is 16.1 Å². The highest BCUT2D eigenvalue weighted by Crippen LogP contribution is 2.42. The number of methoxy groups -OCH3 is 3. The highest BCUT2D eigenvalue weighted by molar-refractivity contribution is 7.21. The van der Waals surface area contributed by atoms with Crippen molar-refractivity contribution in [1.29, 1.82) is 0 Å². The number of pyridine rings is 1. The van der Waals surface area contributed by atoms with Gasteiger partial charge < -0.3 is 25.3 Å². The first kappa shape index (κ1) is 23.4. The van der Waals surface area contributed by atoms with Gasteiger partial charge in [-0.3, -0.25) is 9.78 Å². The number of benzene rings is 3. The third kappa shape index (κ3) is 4.25. The first-order chi connectivity index (χ1) is 17.4. The smallest absolute Gasteiger partial charge is 0.255 e. The molecule has 0 radical (unpaired) electrons. The Bertz CT molecular complexity index is 1600. The topological polar surface area (TPSA) is 109 Å². The number of carbonyl (C=O) groups excluding carboxylic acids is 1. The van der Waals surface area contributed by atoms with Crippen LogP contribution in [0.5, 0.6) is 17.2 Å². The Morgan fingerprint density at radius 1 is 0.889 bits per heavy atom. The molecule has 9 heteroatoms. The molecule has 5 aromatic rings. The Labute approximate surface area is 211 Å². The van der Waals surface area contributed by atoms with Crippen molar-refractivity contribution in [2.24, 2.45) is 0 Å². The van der Waals surface area contributed by atoms with Gasteiger partial charge in [-0.2, -0.15) is 0 Å². The van der Waals surface area contributed by atoms with Crippen LogP contribution in [0.15, 0.2) is 54.6 Å². The number of rotatable bonds is 6. The van der Waals surface area contributed by atoms with Crippen molar-refractivity contribution < 1.29 is 19.0 Å². The summed E-state index contributed by atoms with van der Waals surface area (Å²) in [5.41, 5.74) is 11.2. The molecule has 3 aromatic carbocycles. The number of ether oxygens (including phenoxy) is 3. The van der Waals surface area contributed by atoms with Gasteiger partial charge in [0.2, 0.25) is 5.75 Å². The molecule has 0 spiro atoms. The lowest BCUT2D eigenvalue weighted by atomic mass is 10.1. The number of hydrogen-bond donors (Lipinski definition) is 2. The Hall–Kier alpha value is -4.37. The zero-order valence-corrected chi connectivity index (χ0v) is 21.0. The molecule has 1 amide bonds. The third-order valence-electron chi connectivity index (χ3n) is 5.79. The zero-order valence-electron chi connectivity index (χ0n) is 20.2. The maximum atomic E-state index is 13.0. The predicted octanol–water partition coefficient (Wildman–Crippen LogP) is 5.68. The van der Waals surface area contributed by atoms with Gasteiger partial charge in [0.05, 0.1) is 37.1 Å². The molecule has 0 aliphatic heterocycles. The van der Waals surface area contributed by atoms with Gasteiger partial charge in [0.1, 0.15) is 5.01 Å². The third-order valence-corrected chi connectivity index (χ3v) is 6.86. The van der Waals surface area contributed by atoms with Gasteiger partial charge >= 0.3 is 0 Å². The molecule has 0 atom stereocenters. The number of nitrogen functional groups attached to an aromatic ring is 1. The summed E-state index contributed by atoms with van der Waals surface area (Å²) in [4.78, 5) is 22.3.